The summed E-state index contributed by atoms with van der Waals surface area (Å²) in [7, 11) is 0. The Morgan fingerprint density at radius 3 is 2.68 bits per heavy atom. The van der Waals surface area contributed by atoms with E-state index in [1.807, 2.05) is 18.3 Å². The SMILES string of the molecule is CCCn1cc(C(=O)c2cc3ccsc3n2CCC)c2ccccc21. The van der Waals surface area contributed by atoms with Gasteiger partial charge in [0.15, 0.2) is 0 Å². The Kier molecular flexibility index (Phi) is 4.22. The van der Waals surface area contributed by atoms with Crippen LogP contribution in [-0.2, 0) is 13.1 Å². The molecule has 0 amide bonds. The van der Waals surface area contributed by atoms with E-state index >= 15 is 0 Å². The summed E-state index contributed by atoms with van der Waals surface area (Å²) >= 11 is 1.71. The Balaban J connectivity index is 1.88. The highest BCUT2D eigenvalue weighted by atomic mass is 32.1. The standard InChI is InChI=1S/C21H22N2OS/c1-3-10-22-14-17(16-7-5-6-8-18(16)22)20(24)19-13-15-9-12-25-21(15)23(19)11-4-2/h5-9,12-14H,3-4,10-11H2,1-2H3. The summed E-state index contributed by atoms with van der Waals surface area (Å²) in [6.07, 6.45) is 4.10. The number of ketones is 1. The van der Waals surface area contributed by atoms with Crippen LogP contribution < -0.4 is 0 Å². The minimum Gasteiger partial charge on any atom is -0.347 e. The van der Waals surface area contributed by atoms with Gasteiger partial charge in [-0.15, -0.1) is 11.3 Å². The van der Waals surface area contributed by atoms with E-state index in [9.17, 15) is 4.79 Å². The van der Waals surface area contributed by atoms with E-state index in [-0.39, 0.29) is 5.78 Å². The molecule has 0 aliphatic heterocycles. The number of hydrogen-bond acceptors (Lipinski definition) is 2. The van der Waals surface area contributed by atoms with Gasteiger partial charge in [0, 0.05) is 41.1 Å². The molecule has 0 aliphatic carbocycles. The molecule has 0 bridgehead atoms. The first-order valence-electron chi connectivity index (χ1n) is 8.94. The van der Waals surface area contributed by atoms with Gasteiger partial charge < -0.3 is 9.13 Å². The first-order valence-corrected chi connectivity index (χ1v) is 9.81. The number of benzene rings is 1. The van der Waals surface area contributed by atoms with E-state index in [2.05, 4.69) is 52.6 Å². The van der Waals surface area contributed by atoms with Gasteiger partial charge in [0.2, 0.25) is 5.78 Å². The van der Waals surface area contributed by atoms with Crippen LogP contribution in [0.15, 0.2) is 48.0 Å². The summed E-state index contributed by atoms with van der Waals surface area (Å²) in [5.74, 6) is 0.128. The van der Waals surface area contributed by atoms with Crippen molar-refractivity contribution < 1.29 is 4.79 Å². The summed E-state index contributed by atoms with van der Waals surface area (Å²) < 4.78 is 4.40. The second-order valence-corrected chi connectivity index (χ2v) is 7.34. The van der Waals surface area contributed by atoms with E-state index in [1.54, 1.807) is 11.3 Å². The zero-order valence-electron chi connectivity index (χ0n) is 14.7. The maximum atomic E-state index is 13.4. The van der Waals surface area contributed by atoms with Crippen LogP contribution >= 0.6 is 11.3 Å². The molecule has 0 spiro atoms. The Hall–Kier alpha value is -2.33. The fourth-order valence-electron chi connectivity index (χ4n) is 3.60. The van der Waals surface area contributed by atoms with Crippen LogP contribution in [0.1, 0.15) is 42.7 Å². The monoisotopic (exact) mass is 350 g/mol. The zero-order valence-corrected chi connectivity index (χ0v) is 15.5. The lowest BCUT2D eigenvalue weighted by Crippen LogP contribution is -2.09. The van der Waals surface area contributed by atoms with Gasteiger partial charge in [0.25, 0.3) is 0 Å². The molecule has 0 radical (unpaired) electrons. The average molecular weight is 350 g/mol. The van der Waals surface area contributed by atoms with E-state index in [1.165, 1.54) is 10.2 Å². The van der Waals surface area contributed by atoms with E-state index in [0.29, 0.717) is 0 Å². The van der Waals surface area contributed by atoms with Crippen molar-refractivity contribution in [3.05, 3.63) is 59.2 Å². The molecule has 0 saturated heterocycles. The minimum atomic E-state index is 0.128. The second-order valence-electron chi connectivity index (χ2n) is 6.44. The van der Waals surface area contributed by atoms with Crippen LogP contribution in [0.3, 0.4) is 0 Å². The van der Waals surface area contributed by atoms with Crippen LogP contribution in [0, 0.1) is 0 Å². The normalized spacial score (nSPS) is 11.6. The van der Waals surface area contributed by atoms with Crippen LogP contribution in [-0.4, -0.2) is 14.9 Å². The highest BCUT2D eigenvalue weighted by Crippen LogP contribution is 2.30. The summed E-state index contributed by atoms with van der Waals surface area (Å²) in [6, 6.07) is 12.4. The van der Waals surface area contributed by atoms with Crippen molar-refractivity contribution in [3.8, 4) is 0 Å². The van der Waals surface area contributed by atoms with Crippen molar-refractivity contribution in [2.45, 2.75) is 39.8 Å². The third-order valence-electron chi connectivity index (χ3n) is 4.68. The number of carbonyl (C=O) groups excluding carboxylic acids is 1. The van der Waals surface area contributed by atoms with Crippen molar-refractivity contribution in [1.82, 2.24) is 9.13 Å². The first kappa shape index (κ1) is 16.2. The summed E-state index contributed by atoms with van der Waals surface area (Å²) in [4.78, 5) is 14.6. The first-order chi connectivity index (χ1) is 12.2. The molecule has 3 nitrogen and oxygen atoms in total. The van der Waals surface area contributed by atoms with Crippen LogP contribution in [0.25, 0.3) is 21.1 Å². The minimum absolute atomic E-state index is 0.128. The topological polar surface area (TPSA) is 26.9 Å². The smallest absolute Gasteiger partial charge is 0.211 e. The van der Waals surface area contributed by atoms with Gasteiger partial charge in [0.1, 0.15) is 4.83 Å². The number of fused-ring (bicyclic) bond motifs is 2. The molecule has 0 aliphatic rings. The summed E-state index contributed by atoms with van der Waals surface area (Å²) in [5.41, 5.74) is 2.76. The molecule has 0 atom stereocenters. The van der Waals surface area contributed by atoms with Crippen molar-refractivity contribution >= 4 is 38.2 Å². The Morgan fingerprint density at radius 1 is 1.08 bits per heavy atom. The number of aromatic nitrogens is 2. The molecule has 4 rings (SSSR count). The quantitative estimate of drug-likeness (QED) is 0.409. The molecule has 0 N–H and O–H groups in total. The van der Waals surface area contributed by atoms with Crippen molar-refractivity contribution in [2.24, 2.45) is 0 Å². The van der Waals surface area contributed by atoms with Crippen molar-refractivity contribution in [1.29, 1.82) is 0 Å². The zero-order chi connectivity index (χ0) is 17.4. The molecule has 4 heteroatoms. The highest BCUT2D eigenvalue weighted by molar-refractivity contribution is 7.16. The van der Waals surface area contributed by atoms with E-state index in [4.69, 9.17) is 0 Å². The molecule has 0 unspecified atom stereocenters. The molecule has 0 fully saturated rings. The van der Waals surface area contributed by atoms with Crippen molar-refractivity contribution in [3.63, 3.8) is 0 Å². The number of nitrogens with zero attached hydrogens (tertiary/aromatic N) is 2. The lowest BCUT2D eigenvalue weighted by atomic mass is 10.1. The number of rotatable bonds is 6. The van der Waals surface area contributed by atoms with Gasteiger partial charge >= 0.3 is 0 Å². The summed E-state index contributed by atoms with van der Waals surface area (Å²) in [5, 5.41) is 4.31. The maximum Gasteiger partial charge on any atom is 0.211 e. The molecule has 3 heterocycles. The number of hydrogen-bond donors (Lipinski definition) is 0. The lowest BCUT2D eigenvalue weighted by Gasteiger charge is -2.07. The largest absolute Gasteiger partial charge is 0.347 e. The Bertz CT molecular complexity index is 1050. The number of thiophene rings is 1. The van der Waals surface area contributed by atoms with Crippen molar-refractivity contribution in [2.75, 3.05) is 0 Å². The number of para-hydroxylation sites is 1. The molecule has 25 heavy (non-hydrogen) atoms. The van der Waals surface area contributed by atoms with E-state index < -0.39 is 0 Å². The third-order valence-corrected chi connectivity index (χ3v) is 5.63. The average Bonchev–Trinajstić information content (AvgIpc) is 3.30. The van der Waals surface area contributed by atoms with Gasteiger partial charge in [0.05, 0.1) is 5.69 Å². The van der Waals surface area contributed by atoms with Gasteiger partial charge in [-0.25, -0.2) is 0 Å². The number of aryl methyl sites for hydroxylation is 2. The molecule has 3 aromatic heterocycles. The predicted octanol–water partition coefficient (Wildman–Crippen LogP) is 5.71. The van der Waals surface area contributed by atoms with Gasteiger partial charge in [-0.3, -0.25) is 4.79 Å². The second kappa shape index (κ2) is 6.52. The highest BCUT2D eigenvalue weighted by Gasteiger charge is 2.21. The predicted molar refractivity (Wildman–Crippen MR) is 106 cm³/mol. The van der Waals surface area contributed by atoms with Crippen LogP contribution in [0.4, 0.5) is 0 Å². The maximum absolute atomic E-state index is 13.4. The molecule has 4 aromatic rings. The molecular weight excluding hydrogens is 328 g/mol. The van der Waals surface area contributed by atoms with Gasteiger partial charge in [-0.05, 0) is 36.4 Å². The van der Waals surface area contributed by atoms with Gasteiger partial charge in [-0.1, -0.05) is 32.0 Å². The Morgan fingerprint density at radius 2 is 1.88 bits per heavy atom. The molecular formula is C21H22N2OS. The van der Waals surface area contributed by atoms with Crippen LogP contribution in [0.5, 0.6) is 0 Å². The lowest BCUT2D eigenvalue weighted by molar-refractivity contribution is 0.103. The number of carbonyl (C=O) groups is 1. The molecule has 0 saturated carbocycles. The van der Waals surface area contributed by atoms with Gasteiger partial charge in [-0.2, -0.15) is 0 Å². The fraction of sp³-hybridized carbons (Fsp3) is 0.286. The Labute approximate surface area is 151 Å². The molecule has 1 aromatic carbocycles. The fourth-order valence-corrected chi connectivity index (χ4v) is 4.52. The van der Waals surface area contributed by atoms with Crippen LogP contribution in [0.2, 0.25) is 0 Å². The summed E-state index contributed by atoms with van der Waals surface area (Å²) in [6.45, 7) is 6.12. The van der Waals surface area contributed by atoms with E-state index in [0.717, 1.165) is 48.1 Å². The molecule has 128 valence electrons. The third kappa shape index (κ3) is 2.61.